The first-order chi connectivity index (χ1) is 15.3. The first kappa shape index (κ1) is 21.7. The van der Waals surface area contributed by atoms with Crippen molar-refractivity contribution < 1.29 is 14.1 Å². The second-order valence-corrected chi connectivity index (χ2v) is 8.66. The zero-order chi connectivity index (χ0) is 22.8. The van der Waals surface area contributed by atoms with Crippen molar-refractivity contribution in [2.24, 2.45) is 5.73 Å². The first-order valence-electron chi connectivity index (χ1n) is 11.0. The predicted molar refractivity (Wildman–Crippen MR) is 121 cm³/mol. The number of hydrogen-bond donors (Lipinski definition) is 1. The van der Waals surface area contributed by atoms with Crippen molar-refractivity contribution in [2.75, 3.05) is 13.1 Å². The summed E-state index contributed by atoms with van der Waals surface area (Å²) in [5, 5.41) is 4.10. The highest BCUT2D eigenvalue weighted by molar-refractivity contribution is 5.96. The lowest BCUT2D eigenvalue weighted by molar-refractivity contribution is 0.0702. The Bertz CT molecular complexity index is 1130. The number of pyridine rings is 1. The molecule has 0 unspecified atom stereocenters. The van der Waals surface area contributed by atoms with Gasteiger partial charge in [0.15, 0.2) is 0 Å². The van der Waals surface area contributed by atoms with E-state index in [1.165, 1.54) is 0 Å². The molecule has 7 nitrogen and oxygen atoms in total. The van der Waals surface area contributed by atoms with Crippen molar-refractivity contribution in [3.63, 3.8) is 0 Å². The zero-order valence-electron chi connectivity index (χ0n) is 18.7. The quantitative estimate of drug-likeness (QED) is 0.648. The van der Waals surface area contributed by atoms with Crippen molar-refractivity contribution in [2.45, 2.75) is 45.4 Å². The van der Waals surface area contributed by atoms with Gasteiger partial charge in [-0.15, -0.1) is 0 Å². The average molecular weight is 433 g/mol. The standard InChI is InChI=1S/C25H28N4O3/c1-15(2)23-22(16(3)32-28-23)25(31)29-11-5-8-20(14-29)21-10-9-19(13-27-21)17-6-4-7-18(12-17)24(26)30/h4,6-7,9-10,12-13,15,20H,5,8,11,14H2,1-3H3,(H2,26,30)/t20-/m1/s1. The van der Waals surface area contributed by atoms with Crippen molar-refractivity contribution in [1.29, 1.82) is 0 Å². The van der Waals surface area contributed by atoms with Gasteiger partial charge in [0.1, 0.15) is 11.3 Å². The Morgan fingerprint density at radius 3 is 2.69 bits per heavy atom. The number of carbonyl (C=O) groups excluding carboxylic acids is 2. The van der Waals surface area contributed by atoms with Crippen LogP contribution in [0.3, 0.4) is 0 Å². The number of rotatable bonds is 5. The molecule has 0 bridgehead atoms. The van der Waals surface area contributed by atoms with Crippen molar-refractivity contribution in [3.8, 4) is 11.1 Å². The van der Waals surface area contributed by atoms with Crippen LogP contribution in [-0.2, 0) is 0 Å². The summed E-state index contributed by atoms with van der Waals surface area (Å²) in [4.78, 5) is 31.3. The number of carbonyl (C=O) groups is 2. The van der Waals surface area contributed by atoms with Crippen LogP contribution in [0.5, 0.6) is 0 Å². The maximum atomic E-state index is 13.3. The largest absolute Gasteiger partial charge is 0.366 e. The molecule has 3 aromatic rings. The third-order valence-corrected chi connectivity index (χ3v) is 6.04. The fourth-order valence-corrected chi connectivity index (χ4v) is 4.27. The molecular formula is C25H28N4O3. The SMILES string of the molecule is Cc1onc(C(C)C)c1C(=O)N1CCC[C@@H](c2ccc(-c3cccc(C(N)=O)c3)cn2)C1. The molecule has 0 spiro atoms. The third-order valence-electron chi connectivity index (χ3n) is 6.04. The molecule has 1 saturated heterocycles. The highest BCUT2D eigenvalue weighted by atomic mass is 16.5. The molecule has 1 aromatic carbocycles. The highest BCUT2D eigenvalue weighted by Gasteiger charge is 2.31. The Morgan fingerprint density at radius 1 is 1.19 bits per heavy atom. The monoisotopic (exact) mass is 432 g/mol. The molecule has 2 amide bonds. The molecule has 32 heavy (non-hydrogen) atoms. The van der Waals surface area contributed by atoms with Crippen molar-refractivity contribution >= 4 is 11.8 Å². The van der Waals surface area contributed by atoms with E-state index >= 15 is 0 Å². The van der Waals surface area contributed by atoms with Gasteiger partial charge in [0.25, 0.3) is 5.91 Å². The number of primary amides is 1. The van der Waals surface area contributed by atoms with Crippen molar-refractivity contribution in [1.82, 2.24) is 15.0 Å². The molecule has 4 rings (SSSR count). The Balaban J connectivity index is 1.52. The number of nitrogens with two attached hydrogens (primary N) is 1. The number of likely N-dealkylation sites (tertiary alicyclic amines) is 1. The molecule has 7 heteroatoms. The van der Waals surface area contributed by atoms with Gasteiger partial charge in [-0.3, -0.25) is 14.6 Å². The third kappa shape index (κ3) is 4.28. The summed E-state index contributed by atoms with van der Waals surface area (Å²) in [6.07, 6.45) is 3.71. The van der Waals surface area contributed by atoms with Gasteiger partial charge in [0.2, 0.25) is 5.91 Å². The highest BCUT2D eigenvalue weighted by Crippen LogP contribution is 2.30. The Kier molecular flexibility index (Phi) is 6.08. The number of benzene rings is 1. The molecule has 2 aromatic heterocycles. The second-order valence-electron chi connectivity index (χ2n) is 8.66. The summed E-state index contributed by atoms with van der Waals surface area (Å²) in [5.74, 6) is 0.390. The average Bonchev–Trinajstić information content (AvgIpc) is 3.20. The van der Waals surface area contributed by atoms with Crippen LogP contribution < -0.4 is 5.73 Å². The van der Waals surface area contributed by atoms with E-state index in [4.69, 9.17) is 10.3 Å². The van der Waals surface area contributed by atoms with Crippen LogP contribution in [0.2, 0.25) is 0 Å². The number of hydrogen-bond acceptors (Lipinski definition) is 5. The molecule has 0 aliphatic carbocycles. The molecule has 0 saturated carbocycles. The van der Waals surface area contributed by atoms with E-state index in [9.17, 15) is 9.59 Å². The lowest BCUT2D eigenvalue weighted by Crippen LogP contribution is -2.39. The van der Waals surface area contributed by atoms with E-state index in [1.807, 2.05) is 49.2 Å². The summed E-state index contributed by atoms with van der Waals surface area (Å²) >= 11 is 0. The van der Waals surface area contributed by atoms with Crippen LogP contribution in [0.25, 0.3) is 11.1 Å². The van der Waals surface area contributed by atoms with Gasteiger partial charge in [-0.2, -0.15) is 0 Å². The fourth-order valence-electron chi connectivity index (χ4n) is 4.27. The minimum atomic E-state index is -0.452. The summed E-state index contributed by atoms with van der Waals surface area (Å²) in [7, 11) is 0. The maximum absolute atomic E-state index is 13.3. The van der Waals surface area contributed by atoms with E-state index in [2.05, 4.69) is 10.1 Å². The van der Waals surface area contributed by atoms with E-state index in [1.54, 1.807) is 19.1 Å². The van der Waals surface area contributed by atoms with E-state index in [0.717, 1.165) is 41.9 Å². The van der Waals surface area contributed by atoms with Gasteiger partial charge in [-0.05, 0) is 49.4 Å². The van der Waals surface area contributed by atoms with Crippen LogP contribution >= 0.6 is 0 Å². The molecule has 1 aliphatic heterocycles. The normalized spacial score (nSPS) is 16.4. The summed E-state index contributed by atoms with van der Waals surface area (Å²) in [6, 6.07) is 11.2. The number of nitrogens with zero attached hydrogens (tertiary/aromatic N) is 3. The molecule has 2 N–H and O–H groups in total. The Hall–Kier alpha value is -3.48. The van der Waals surface area contributed by atoms with Crippen LogP contribution in [0, 0.1) is 6.92 Å². The molecule has 1 aliphatic rings. The number of aryl methyl sites for hydroxylation is 1. The molecule has 3 heterocycles. The van der Waals surface area contributed by atoms with Crippen LogP contribution in [-0.4, -0.2) is 39.9 Å². The maximum Gasteiger partial charge on any atom is 0.259 e. The molecule has 1 atom stereocenters. The summed E-state index contributed by atoms with van der Waals surface area (Å²) < 4.78 is 5.32. The summed E-state index contributed by atoms with van der Waals surface area (Å²) in [5.41, 5.74) is 9.95. The van der Waals surface area contributed by atoms with E-state index in [0.29, 0.717) is 23.4 Å². The van der Waals surface area contributed by atoms with E-state index in [-0.39, 0.29) is 17.7 Å². The van der Waals surface area contributed by atoms with Gasteiger partial charge < -0.3 is 15.2 Å². The second kappa shape index (κ2) is 8.94. The Labute approximate surface area is 187 Å². The predicted octanol–water partition coefficient (Wildman–Crippen LogP) is 4.29. The number of aromatic nitrogens is 2. The number of amides is 2. The van der Waals surface area contributed by atoms with Gasteiger partial charge >= 0.3 is 0 Å². The minimum absolute atomic E-state index is 0.0166. The minimum Gasteiger partial charge on any atom is -0.366 e. The van der Waals surface area contributed by atoms with Gasteiger partial charge in [0, 0.05) is 42.0 Å². The van der Waals surface area contributed by atoms with Gasteiger partial charge in [-0.25, -0.2) is 0 Å². The molecule has 0 radical (unpaired) electrons. The molecule has 1 fully saturated rings. The van der Waals surface area contributed by atoms with E-state index < -0.39 is 5.91 Å². The summed E-state index contributed by atoms with van der Waals surface area (Å²) in [6.45, 7) is 7.15. The molecule has 166 valence electrons. The van der Waals surface area contributed by atoms with Gasteiger partial charge in [0.05, 0.1) is 5.69 Å². The zero-order valence-corrected chi connectivity index (χ0v) is 18.7. The van der Waals surface area contributed by atoms with Crippen molar-refractivity contribution in [3.05, 3.63) is 70.9 Å². The Morgan fingerprint density at radius 2 is 2.00 bits per heavy atom. The van der Waals surface area contributed by atoms with Crippen LogP contribution in [0.1, 0.15) is 76.4 Å². The smallest absolute Gasteiger partial charge is 0.259 e. The number of piperidine rings is 1. The first-order valence-corrected chi connectivity index (χ1v) is 11.0. The lowest BCUT2D eigenvalue weighted by Gasteiger charge is -2.32. The topological polar surface area (TPSA) is 102 Å². The van der Waals surface area contributed by atoms with Crippen LogP contribution in [0.4, 0.5) is 0 Å². The van der Waals surface area contributed by atoms with Crippen LogP contribution in [0.15, 0.2) is 47.1 Å². The molecular weight excluding hydrogens is 404 g/mol. The van der Waals surface area contributed by atoms with Gasteiger partial charge in [-0.1, -0.05) is 37.2 Å². The fraction of sp³-hybridized carbons (Fsp3) is 0.360. The lowest BCUT2D eigenvalue weighted by atomic mass is 9.92.